The van der Waals surface area contributed by atoms with E-state index in [2.05, 4.69) is 24.5 Å². The van der Waals surface area contributed by atoms with Crippen molar-refractivity contribution in [3.63, 3.8) is 0 Å². The van der Waals surface area contributed by atoms with E-state index in [4.69, 9.17) is 11.6 Å². The number of fused-ring (bicyclic) bond motifs is 1. The molecule has 0 radical (unpaired) electrons. The summed E-state index contributed by atoms with van der Waals surface area (Å²) < 4.78 is 2.21. The first-order valence-corrected chi connectivity index (χ1v) is 8.40. The molecule has 23 heavy (non-hydrogen) atoms. The largest absolute Gasteiger partial charge is 0.344 e. The summed E-state index contributed by atoms with van der Waals surface area (Å²) in [5.41, 5.74) is 2.38. The minimum Gasteiger partial charge on any atom is -0.344 e. The normalized spacial score (nSPS) is 12.5. The molecule has 0 aliphatic heterocycles. The molecule has 1 atom stereocenters. The first-order chi connectivity index (χ1) is 11.1. The quantitative estimate of drug-likeness (QED) is 0.536. The molecule has 2 nitrogen and oxygen atoms in total. The maximum atomic E-state index is 13.0. The van der Waals surface area contributed by atoms with Crippen LogP contribution < -0.4 is 0 Å². The van der Waals surface area contributed by atoms with E-state index in [1.54, 1.807) is 12.1 Å². The van der Waals surface area contributed by atoms with Crippen LogP contribution in [0.3, 0.4) is 0 Å². The second-order valence-electron chi connectivity index (χ2n) is 5.91. The van der Waals surface area contributed by atoms with Crippen molar-refractivity contribution in [2.24, 2.45) is 0 Å². The van der Waals surface area contributed by atoms with Gasteiger partial charge < -0.3 is 4.57 Å². The van der Waals surface area contributed by atoms with Crippen LogP contribution in [0, 0.1) is 0 Å². The van der Waals surface area contributed by atoms with Crippen molar-refractivity contribution < 1.29 is 4.79 Å². The third kappa shape index (κ3) is 2.91. The molecule has 3 heteroatoms. The van der Waals surface area contributed by atoms with E-state index in [9.17, 15) is 4.79 Å². The molecular formula is C20H20ClNO. The minimum atomic E-state index is -0.0192. The van der Waals surface area contributed by atoms with E-state index < -0.39 is 0 Å². The van der Waals surface area contributed by atoms with Gasteiger partial charge >= 0.3 is 0 Å². The molecule has 3 rings (SSSR count). The summed E-state index contributed by atoms with van der Waals surface area (Å²) >= 11 is 6.21. The van der Waals surface area contributed by atoms with Crippen LogP contribution in [0.5, 0.6) is 0 Å². The summed E-state index contributed by atoms with van der Waals surface area (Å²) in [6, 6.07) is 15.7. The molecule has 1 unspecified atom stereocenters. The van der Waals surface area contributed by atoms with Crippen LogP contribution in [0.2, 0.25) is 5.02 Å². The summed E-state index contributed by atoms with van der Waals surface area (Å²) in [5, 5.41) is 1.48. The lowest BCUT2D eigenvalue weighted by Crippen LogP contribution is -2.04. The van der Waals surface area contributed by atoms with E-state index in [0.29, 0.717) is 16.6 Å². The number of aromatic nitrogens is 1. The van der Waals surface area contributed by atoms with Gasteiger partial charge in [0, 0.05) is 34.3 Å². The Morgan fingerprint density at radius 3 is 2.52 bits per heavy atom. The number of rotatable bonds is 5. The minimum absolute atomic E-state index is 0.0192. The number of para-hydroxylation sites is 1. The van der Waals surface area contributed by atoms with Crippen LogP contribution >= 0.6 is 11.6 Å². The molecule has 1 aromatic heterocycles. The van der Waals surface area contributed by atoms with Crippen molar-refractivity contribution in [1.82, 2.24) is 4.57 Å². The highest BCUT2D eigenvalue weighted by Crippen LogP contribution is 2.29. The topological polar surface area (TPSA) is 22.0 Å². The zero-order valence-electron chi connectivity index (χ0n) is 13.4. The fourth-order valence-electron chi connectivity index (χ4n) is 3.10. The highest BCUT2D eigenvalue weighted by molar-refractivity contribution is 6.35. The van der Waals surface area contributed by atoms with E-state index in [1.807, 2.05) is 36.5 Å². The van der Waals surface area contributed by atoms with Crippen molar-refractivity contribution in [2.45, 2.75) is 32.7 Å². The first-order valence-electron chi connectivity index (χ1n) is 8.02. The van der Waals surface area contributed by atoms with Crippen LogP contribution in [-0.4, -0.2) is 10.4 Å². The lowest BCUT2D eigenvalue weighted by Gasteiger charge is -2.13. The van der Waals surface area contributed by atoms with Crippen molar-refractivity contribution >= 4 is 28.3 Å². The zero-order valence-corrected chi connectivity index (χ0v) is 14.2. The van der Waals surface area contributed by atoms with Gasteiger partial charge in [0.25, 0.3) is 0 Å². The van der Waals surface area contributed by atoms with Gasteiger partial charge in [-0.2, -0.15) is 0 Å². The van der Waals surface area contributed by atoms with Crippen LogP contribution in [0.4, 0.5) is 0 Å². The monoisotopic (exact) mass is 325 g/mol. The zero-order chi connectivity index (χ0) is 16.4. The van der Waals surface area contributed by atoms with Gasteiger partial charge in [-0.15, -0.1) is 0 Å². The predicted molar refractivity (Wildman–Crippen MR) is 96.4 cm³/mol. The van der Waals surface area contributed by atoms with Gasteiger partial charge in [0.2, 0.25) is 0 Å². The molecule has 0 bridgehead atoms. The molecule has 0 amide bonds. The molecule has 0 N–H and O–H groups in total. The van der Waals surface area contributed by atoms with Gasteiger partial charge in [-0.25, -0.2) is 0 Å². The summed E-state index contributed by atoms with van der Waals surface area (Å²) in [6.07, 6.45) is 4.18. The molecular weight excluding hydrogens is 306 g/mol. The fourth-order valence-corrected chi connectivity index (χ4v) is 3.32. The lowest BCUT2D eigenvalue weighted by molar-refractivity contribution is 0.104. The van der Waals surface area contributed by atoms with Crippen LogP contribution in [0.1, 0.15) is 48.7 Å². The number of carbonyl (C=O) groups is 1. The molecule has 0 fully saturated rings. The maximum absolute atomic E-state index is 13.0. The Kier molecular flexibility index (Phi) is 4.53. The number of nitrogens with zero attached hydrogens (tertiary/aromatic N) is 1. The fraction of sp³-hybridized carbons (Fsp3) is 0.250. The molecule has 0 aliphatic carbocycles. The van der Waals surface area contributed by atoms with Gasteiger partial charge in [-0.3, -0.25) is 4.79 Å². The average Bonchev–Trinajstić information content (AvgIpc) is 2.95. The Bertz CT molecular complexity index is 850. The Morgan fingerprint density at radius 1 is 1.09 bits per heavy atom. The predicted octanol–water partition coefficient (Wildman–Crippen LogP) is 5.89. The van der Waals surface area contributed by atoms with Gasteiger partial charge in [0.1, 0.15) is 0 Å². The van der Waals surface area contributed by atoms with E-state index in [1.165, 1.54) is 0 Å². The van der Waals surface area contributed by atoms with E-state index in [-0.39, 0.29) is 5.78 Å². The average molecular weight is 326 g/mol. The van der Waals surface area contributed by atoms with Crippen LogP contribution in [-0.2, 0) is 0 Å². The Hall–Kier alpha value is -2.06. The van der Waals surface area contributed by atoms with Gasteiger partial charge in [0.15, 0.2) is 5.78 Å². The SMILES string of the molecule is CCCC(C)n1cc(C(=O)c2ccccc2Cl)c2ccccc21. The lowest BCUT2D eigenvalue weighted by atomic mass is 10.0. The highest BCUT2D eigenvalue weighted by atomic mass is 35.5. The van der Waals surface area contributed by atoms with Crippen LogP contribution in [0.15, 0.2) is 54.7 Å². The van der Waals surface area contributed by atoms with E-state index in [0.717, 1.165) is 29.3 Å². The Morgan fingerprint density at radius 2 is 1.78 bits per heavy atom. The smallest absolute Gasteiger partial charge is 0.196 e. The number of carbonyl (C=O) groups excluding carboxylic acids is 1. The summed E-state index contributed by atoms with van der Waals surface area (Å²) in [6.45, 7) is 4.37. The highest BCUT2D eigenvalue weighted by Gasteiger charge is 2.19. The number of halogens is 1. The molecule has 3 aromatic rings. The third-order valence-corrected chi connectivity index (χ3v) is 4.61. The van der Waals surface area contributed by atoms with Gasteiger partial charge in [0.05, 0.1) is 5.02 Å². The summed E-state index contributed by atoms with van der Waals surface area (Å²) in [5.74, 6) is -0.0192. The Balaban J connectivity index is 2.15. The van der Waals surface area contributed by atoms with Crippen molar-refractivity contribution in [1.29, 1.82) is 0 Å². The Labute approximate surface area is 141 Å². The number of ketones is 1. The van der Waals surface area contributed by atoms with Crippen LogP contribution in [0.25, 0.3) is 10.9 Å². The second kappa shape index (κ2) is 6.59. The van der Waals surface area contributed by atoms with Crippen molar-refractivity contribution in [2.75, 3.05) is 0 Å². The second-order valence-corrected chi connectivity index (χ2v) is 6.32. The number of benzene rings is 2. The molecule has 0 saturated heterocycles. The molecule has 2 aromatic carbocycles. The molecule has 1 heterocycles. The van der Waals surface area contributed by atoms with E-state index >= 15 is 0 Å². The molecule has 0 aliphatic rings. The maximum Gasteiger partial charge on any atom is 0.196 e. The number of hydrogen-bond acceptors (Lipinski definition) is 1. The summed E-state index contributed by atoms with van der Waals surface area (Å²) in [7, 11) is 0. The third-order valence-electron chi connectivity index (χ3n) is 4.29. The number of hydrogen-bond donors (Lipinski definition) is 0. The van der Waals surface area contributed by atoms with Crippen molar-refractivity contribution in [3.8, 4) is 0 Å². The standard InChI is InChI=1S/C20H20ClNO/c1-3-8-14(2)22-13-17(15-9-5-7-12-19(15)22)20(23)16-10-4-6-11-18(16)21/h4-7,9-14H,3,8H2,1-2H3. The molecule has 0 saturated carbocycles. The molecule has 118 valence electrons. The molecule has 0 spiro atoms. The van der Waals surface area contributed by atoms with Gasteiger partial charge in [-0.1, -0.05) is 55.3 Å². The summed E-state index contributed by atoms with van der Waals surface area (Å²) in [4.78, 5) is 13.0. The van der Waals surface area contributed by atoms with Gasteiger partial charge in [-0.05, 0) is 31.5 Å². The van der Waals surface area contributed by atoms with Crippen molar-refractivity contribution in [3.05, 3.63) is 70.9 Å². The first kappa shape index (κ1) is 15.8.